The molecule has 0 fully saturated rings. The van der Waals surface area contributed by atoms with E-state index < -0.39 is 5.97 Å². The first kappa shape index (κ1) is 12.6. The van der Waals surface area contributed by atoms with Crippen molar-refractivity contribution in [1.82, 2.24) is 15.0 Å². The quantitative estimate of drug-likeness (QED) is 0.760. The molecule has 100 valence electrons. The fourth-order valence-corrected chi connectivity index (χ4v) is 2.11. The highest BCUT2D eigenvalue weighted by molar-refractivity contribution is 6.34. The van der Waals surface area contributed by atoms with Crippen molar-refractivity contribution in [3.8, 4) is 11.4 Å². The minimum atomic E-state index is -1.17. The number of aromatic amines is 1. The summed E-state index contributed by atoms with van der Waals surface area (Å²) in [5.74, 6) is -1.13. The number of H-pyrrole nitrogens is 1. The minimum Gasteiger partial charge on any atom is -0.478 e. The molecule has 0 unspecified atom stereocenters. The van der Waals surface area contributed by atoms with Crippen molar-refractivity contribution >= 4 is 28.7 Å². The standard InChI is InChI=1S/C13H7ClFN3O2/c14-8-5-16-12-10(9(8)13(19)20)17-11(18-12)6-1-3-7(15)4-2-6/h1-5H,(H,19,20)(H,16,17,18). The smallest absolute Gasteiger partial charge is 0.339 e. The number of nitrogens with zero attached hydrogens (tertiary/aromatic N) is 2. The van der Waals surface area contributed by atoms with Crippen molar-refractivity contribution in [3.05, 3.63) is 46.9 Å². The van der Waals surface area contributed by atoms with Gasteiger partial charge in [-0.3, -0.25) is 0 Å². The SMILES string of the molecule is O=C(O)c1c(Cl)cnc2nc(-c3ccc(F)cc3)[nH]c12. The van der Waals surface area contributed by atoms with Crippen molar-refractivity contribution in [1.29, 1.82) is 0 Å². The average molecular weight is 292 g/mol. The number of fused-ring (bicyclic) bond motifs is 1. The van der Waals surface area contributed by atoms with E-state index in [9.17, 15) is 14.3 Å². The van der Waals surface area contributed by atoms with Crippen molar-refractivity contribution in [2.24, 2.45) is 0 Å². The van der Waals surface area contributed by atoms with E-state index in [2.05, 4.69) is 15.0 Å². The second kappa shape index (κ2) is 4.57. The first-order valence-electron chi connectivity index (χ1n) is 5.59. The van der Waals surface area contributed by atoms with Crippen LogP contribution >= 0.6 is 11.6 Å². The topological polar surface area (TPSA) is 78.9 Å². The molecular weight excluding hydrogens is 285 g/mol. The Kier molecular flexibility index (Phi) is 2.87. The van der Waals surface area contributed by atoms with Crippen molar-refractivity contribution < 1.29 is 14.3 Å². The van der Waals surface area contributed by atoms with E-state index in [4.69, 9.17) is 11.6 Å². The van der Waals surface area contributed by atoms with E-state index in [-0.39, 0.29) is 27.6 Å². The van der Waals surface area contributed by atoms with Gasteiger partial charge in [-0.25, -0.2) is 19.2 Å². The molecule has 0 bridgehead atoms. The van der Waals surface area contributed by atoms with Crippen LogP contribution in [0.2, 0.25) is 5.02 Å². The number of carboxylic acids is 1. The molecule has 0 aliphatic rings. The first-order valence-corrected chi connectivity index (χ1v) is 5.97. The molecule has 3 aromatic rings. The fraction of sp³-hybridized carbons (Fsp3) is 0. The van der Waals surface area contributed by atoms with E-state index >= 15 is 0 Å². The summed E-state index contributed by atoms with van der Waals surface area (Å²) in [6, 6.07) is 5.66. The predicted molar refractivity (Wildman–Crippen MR) is 71.3 cm³/mol. The van der Waals surface area contributed by atoms with Crippen LogP contribution in [0.1, 0.15) is 10.4 Å². The minimum absolute atomic E-state index is 0.0271. The van der Waals surface area contributed by atoms with Crippen LogP contribution < -0.4 is 0 Å². The van der Waals surface area contributed by atoms with Crippen molar-refractivity contribution in [2.75, 3.05) is 0 Å². The van der Waals surface area contributed by atoms with Gasteiger partial charge in [0.1, 0.15) is 22.7 Å². The highest BCUT2D eigenvalue weighted by atomic mass is 35.5. The van der Waals surface area contributed by atoms with Crippen molar-refractivity contribution in [3.63, 3.8) is 0 Å². The van der Waals surface area contributed by atoms with Gasteiger partial charge in [-0.05, 0) is 24.3 Å². The molecule has 20 heavy (non-hydrogen) atoms. The number of nitrogens with one attached hydrogen (secondary N) is 1. The number of carbonyl (C=O) groups is 1. The molecule has 2 heterocycles. The molecule has 0 spiro atoms. The maximum atomic E-state index is 12.9. The van der Waals surface area contributed by atoms with Crippen LogP contribution in [-0.2, 0) is 0 Å². The zero-order valence-corrected chi connectivity index (χ0v) is 10.6. The summed E-state index contributed by atoms with van der Waals surface area (Å²) in [5, 5.41) is 9.20. The zero-order chi connectivity index (χ0) is 14.3. The lowest BCUT2D eigenvalue weighted by Crippen LogP contribution is -1.99. The summed E-state index contributed by atoms with van der Waals surface area (Å²) < 4.78 is 12.9. The van der Waals surface area contributed by atoms with E-state index in [1.165, 1.54) is 30.5 Å². The Balaban J connectivity index is 2.23. The van der Waals surface area contributed by atoms with Crippen LogP contribution in [0, 0.1) is 5.82 Å². The highest BCUT2D eigenvalue weighted by Gasteiger charge is 2.18. The van der Waals surface area contributed by atoms with E-state index in [1.807, 2.05) is 0 Å². The van der Waals surface area contributed by atoms with Gasteiger partial charge >= 0.3 is 5.97 Å². The van der Waals surface area contributed by atoms with Gasteiger partial charge in [-0.2, -0.15) is 0 Å². The number of carboxylic acid groups (broad SMARTS) is 1. The number of aromatic carboxylic acids is 1. The Hall–Kier alpha value is -2.47. The number of aromatic nitrogens is 3. The van der Waals surface area contributed by atoms with Gasteiger partial charge in [-0.15, -0.1) is 0 Å². The molecule has 0 amide bonds. The number of benzene rings is 1. The summed E-state index contributed by atoms with van der Waals surface area (Å²) in [4.78, 5) is 22.2. The third-order valence-electron chi connectivity index (χ3n) is 2.81. The van der Waals surface area contributed by atoms with Crippen LogP contribution in [0.4, 0.5) is 4.39 Å². The highest BCUT2D eigenvalue weighted by Crippen LogP contribution is 2.26. The van der Waals surface area contributed by atoms with Crippen LogP contribution in [-0.4, -0.2) is 26.0 Å². The molecule has 7 heteroatoms. The lowest BCUT2D eigenvalue weighted by molar-refractivity contribution is 0.0699. The number of hydrogen-bond acceptors (Lipinski definition) is 3. The van der Waals surface area contributed by atoms with E-state index in [1.54, 1.807) is 0 Å². The summed E-state index contributed by atoms with van der Waals surface area (Å²) >= 11 is 5.83. The molecule has 2 aromatic heterocycles. The average Bonchev–Trinajstić information content (AvgIpc) is 2.82. The monoisotopic (exact) mass is 291 g/mol. The Morgan fingerprint density at radius 2 is 2.00 bits per heavy atom. The molecule has 1 aromatic carbocycles. The number of halogens is 2. The van der Waals surface area contributed by atoms with Gasteiger partial charge in [0.15, 0.2) is 5.65 Å². The fourth-order valence-electron chi connectivity index (χ4n) is 1.89. The second-order valence-corrected chi connectivity index (χ2v) is 4.48. The number of pyridine rings is 1. The third kappa shape index (κ3) is 2.00. The van der Waals surface area contributed by atoms with Crippen LogP contribution in [0.15, 0.2) is 30.5 Å². The van der Waals surface area contributed by atoms with Gasteiger partial charge in [0.25, 0.3) is 0 Å². The second-order valence-electron chi connectivity index (χ2n) is 4.08. The lowest BCUT2D eigenvalue weighted by atomic mass is 10.2. The summed E-state index contributed by atoms with van der Waals surface area (Å²) in [5.41, 5.74) is 1.02. The molecule has 5 nitrogen and oxygen atoms in total. The maximum Gasteiger partial charge on any atom is 0.339 e. The zero-order valence-electron chi connectivity index (χ0n) is 9.89. The Labute approximate surface area is 117 Å². The van der Waals surface area contributed by atoms with Crippen LogP contribution in [0.3, 0.4) is 0 Å². The molecule has 3 rings (SSSR count). The third-order valence-corrected chi connectivity index (χ3v) is 3.09. The van der Waals surface area contributed by atoms with Gasteiger partial charge in [0.2, 0.25) is 0 Å². The molecule has 0 aliphatic carbocycles. The Morgan fingerprint density at radius 3 is 2.65 bits per heavy atom. The van der Waals surface area contributed by atoms with Crippen molar-refractivity contribution in [2.45, 2.75) is 0 Å². The van der Waals surface area contributed by atoms with Gasteiger partial charge in [-0.1, -0.05) is 11.6 Å². The van der Waals surface area contributed by atoms with Gasteiger partial charge < -0.3 is 10.1 Å². The van der Waals surface area contributed by atoms with Crippen LogP contribution in [0.25, 0.3) is 22.6 Å². The molecule has 0 aliphatic heterocycles. The normalized spacial score (nSPS) is 10.9. The predicted octanol–water partition coefficient (Wildman–Crippen LogP) is 3.12. The lowest BCUT2D eigenvalue weighted by Gasteiger charge is -1.98. The Bertz CT molecular complexity index is 814. The molecule has 0 atom stereocenters. The number of hydrogen-bond donors (Lipinski definition) is 2. The molecular formula is C13H7ClFN3O2. The molecule has 0 saturated carbocycles. The molecule has 0 saturated heterocycles. The Morgan fingerprint density at radius 1 is 1.30 bits per heavy atom. The number of rotatable bonds is 2. The maximum absolute atomic E-state index is 12.9. The molecule has 0 radical (unpaired) electrons. The molecule has 2 N–H and O–H groups in total. The number of imidazole rings is 1. The van der Waals surface area contributed by atoms with E-state index in [0.29, 0.717) is 11.4 Å². The largest absolute Gasteiger partial charge is 0.478 e. The van der Waals surface area contributed by atoms with E-state index in [0.717, 1.165) is 0 Å². The van der Waals surface area contributed by atoms with Gasteiger partial charge in [0, 0.05) is 11.8 Å². The van der Waals surface area contributed by atoms with Crippen LogP contribution in [0.5, 0.6) is 0 Å². The summed E-state index contributed by atoms with van der Waals surface area (Å²) in [6.45, 7) is 0. The summed E-state index contributed by atoms with van der Waals surface area (Å²) in [7, 11) is 0. The first-order chi connectivity index (χ1) is 9.56. The summed E-state index contributed by atoms with van der Waals surface area (Å²) in [6.07, 6.45) is 1.24. The van der Waals surface area contributed by atoms with Gasteiger partial charge in [0.05, 0.1) is 5.02 Å².